The van der Waals surface area contributed by atoms with Gasteiger partial charge in [0.1, 0.15) is 0 Å². The van der Waals surface area contributed by atoms with E-state index in [0.717, 1.165) is 4.90 Å². The van der Waals surface area contributed by atoms with Crippen LogP contribution in [-0.2, 0) is 0 Å². The monoisotopic (exact) mass is 212 g/mol. The zero-order chi connectivity index (χ0) is 10.4. The van der Waals surface area contributed by atoms with Crippen LogP contribution in [0.5, 0.6) is 0 Å². The number of benzene rings is 1. The molecule has 0 spiro atoms. The zero-order valence-electron chi connectivity index (χ0n) is 7.55. The maximum Gasteiger partial charge on any atom is 0.170 e. The Morgan fingerprint density at radius 1 is 1.36 bits per heavy atom. The molecule has 0 saturated heterocycles. The molecule has 0 unspecified atom stereocenters. The van der Waals surface area contributed by atoms with Crippen molar-refractivity contribution in [2.75, 3.05) is 12.4 Å². The molecule has 4 N–H and O–H groups in total. The summed E-state index contributed by atoms with van der Waals surface area (Å²) in [6.07, 6.45) is 0. The van der Waals surface area contributed by atoms with Gasteiger partial charge in [0, 0.05) is 16.2 Å². The van der Waals surface area contributed by atoms with Crippen molar-refractivity contribution in [3.05, 3.63) is 29.8 Å². The van der Waals surface area contributed by atoms with Crippen molar-refractivity contribution in [1.82, 2.24) is 0 Å². The summed E-state index contributed by atoms with van der Waals surface area (Å²) >= 11 is 1.56. The molecule has 4 nitrogen and oxygen atoms in total. The summed E-state index contributed by atoms with van der Waals surface area (Å²) in [5.74, 6) is 0.770. The largest absolute Gasteiger partial charge is 0.409 e. The van der Waals surface area contributed by atoms with E-state index >= 15 is 0 Å². The van der Waals surface area contributed by atoms with E-state index in [2.05, 4.69) is 5.16 Å². The summed E-state index contributed by atoms with van der Waals surface area (Å²) in [7, 11) is 0. The Bertz CT molecular complexity index is 311. The zero-order valence-corrected chi connectivity index (χ0v) is 8.37. The predicted molar refractivity (Wildman–Crippen MR) is 56.8 cm³/mol. The second-order valence-corrected chi connectivity index (χ2v) is 3.75. The molecule has 14 heavy (non-hydrogen) atoms. The van der Waals surface area contributed by atoms with Gasteiger partial charge in [0.25, 0.3) is 0 Å². The van der Waals surface area contributed by atoms with E-state index in [9.17, 15) is 0 Å². The van der Waals surface area contributed by atoms with Gasteiger partial charge in [-0.2, -0.15) is 0 Å². The number of oxime groups is 1. The van der Waals surface area contributed by atoms with Crippen molar-refractivity contribution in [3.63, 3.8) is 0 Å². The number of nitrogens with zero attached hydrogens (tertiary/aromatic N) is 1. The van der Waals surface area contributed by atoms with Crippen LogP contribution >= 0.6 is 11.8 Å². The molecule has 0 bridgehead atoms. The van der Waals surface area contributed by atoms with E-state index in [1.807, 2.05) is 12.1 Å². The first-order valence-corrected chi connectivity index (χ1v) is 5.08. The molecule has 1 aromatic rings. The predicted octanol–water partition coefficient (Wildman–Crippen LogP) is 0.865. The van der Waals surface area contributed by atoms with Crippen molar-refractivity contribution in [1.29, 1.82) is 0 Å². The molecule has 0 atom stereocenters. The third kappa shape index (κ3) is 2.93. The number of rotatable bonds is 4. The van der Waals surface area contributed by atoms with Crippen LogP contribution in [0.15, 0.2) is 34.3 Å². The molecule has 0 amide bonds. The lowest BCUT2D eigenvalue weighted by Gasteiger charge is -2.01. The molecule has 0 aliphatic carbocycles. The van der Waals surface area contributed by atoms with Gasteiger partial charge < -0.3 is 16.0 Å². The van der Waals surface area contributed by atoms with Gasteiger partial charge in [-0.05, 0) is 12.1 Å². The topological polar surface area (TPSA) is 78.8 Å². The third-order valence-electron chi connectivity index (χ3n) is 1.62. The van der Waals surface area contributed by atoms with E-state index in [0.29, 0.717) is 11.3 Å². The molecular weight excluding hydrogens is 200 g/mol. The van der Waals surface area contributed by atoms with Gasteiger partial charge in [0.15, 0.2) is 5.84 Å². The third-order valence-corrected chi connectivity index (χ3v) is 2.61. The highest BCUT2D eigenvalue weighted by atomic mass is 32.2. The summed E-state index contributed by atoms with van der Waals surface area (Å²) in [6, 6.07) is 7.28. The number of aliphatic hydroxyl groups excluding tert-OH is 1. The van der Waals surface area contributed by atoms with Crippen molar-refractivity contribution >= 4 is 17.6 Å². The van der Waals surface area contributed by atoms with E-state index in [-0.39, 0.29) is 12.4 Å². The van der Waals surface area contributed by atoms with Crippen LogP contribution in [0.1, 0.15) is 5.56 Å². The molecule has 0 aliphatic rings. The van der Waals surface area contributed by atoms with Gasteiger partial charge in [-0.15, -0.1) is 11.8 Å². The maximum absolute atomic E-state index is 8.62. The Balaban J connectivity index is 2.68. The Kier molecular flexibility index (Phi) is 4.28. The van der Waals surface area contributed by atoms with Crippen LogP contribution in [0.2, 0.25) is 0 Å². The molecule has 5 heteroatoms. The van der Waals surface area contributed by atoms with Crippen LogP contribution < -0.4 is 5.73 Å². The highest BCUT2D eigenvalue weighted by Crippen LogP contribution is 2.17. The number of thioether (sulfide) groups is 1. The fourth-order valence-electron chi connectivity index (χ4n) is 0.943. The Morgan fingerprint density at radius 3 is 2.50 bits per heavy atom. The first-order valence-electron chi connectivity index (χ1n) is 4.09. The van der Waals surface area contributed by atoms with E-state index in [4.69, 9.17) is 16.0 Å². The fourth-order valence-corrected chi connectivity index (χ4v) is 1.60. The average molecular weight is 212 g/mol. The minimum absolute atomic E-state index is 0.101. The van der Waals surface area contributed by atoms with E-state index in [1.54, 1.807) is 23.9 Å². The number of nitrogens with two attached hydrogens (primary N) is 1. The Hall–Kier alpha value is -1.20. The first-order chi connectivity index (χ1) is 6.77. The minimum Gasteiger partial charge on any atom is -0.409 e. The molecule has 0 heterocycles. The van der Waals surface area contributed by atoms with E-state index < -0.39 is 0 Å². The smallest absolute Gasteiger partial charge is 0.170 e. The minimum atomic E-state index is 0.101. The summed E-state index contributed by atoms with van der Waals surface area (Å²) in [5.41, 5.74) is 6.08. The summed E-state index contributed by atoms with van der Waals surface area (Å²) in [6.45, 7) is 0.159. The quantitative estimate of drug-likeness (QED) is 0.227. The molecule has 76 valence electrons. The lowest BCUT2D eigenvalue weighted by molar-refractivity contribution is 0.318. The van der Waals surface area contributed by atoms with Gasteiger partial charge in [-0.25, -0.2) is 0 Å². The molecule has 0 aromatic heterocycles. The van der Waals surface area contributed by atoms with Crippen molar-refractivity contribution < 1.29 is 10.3 Å². The van der Waals surface area contributed by atoms with E-state index in [1.165, 1.54) is 0 Å². The first kappa shape index (κ1) is 10.9. The van der Waals surface area contributed by atoms with Gasteiger partial charge in [-0.1, -0.05) is 17.3 Å². The highest BCUT2D eigenvalue weighted by Gasteiger charge is 1.98. The lowest BCUT2D eigenvalue weighted by Crippen LogP contribution is -2.12. The molecule has 0 saturated carbocycles. The Labute approximate surface area is 86.4 Å². The second kappa shape index (κ2) is 5.51. The normalized spacial score (nSPS) is 11.6. The molecule has 0 radical (unpaired) electrons. The summed E-state index contributed by atoms with van der Waals surface area (Å²) < 4.78 is 0. The molecule has 0 fully saturated rings. The van der Waals surface area contributed by atoms with Crippen molar-refractivity contribution in [3.8, 4) is 0 Å². The SMILES string of the molecule is N/C(=N\O)c1ccc(SCCO)cc1. The van der Waals surface area contributed by atoms with Gasteiger partial charge in [0.2, 0.25) is 0 Å². The molecule has 1 rings (SSSR count). The number of hydrogen-bond donors (Lipinski definition) is 3. The maximum atomic E-state index is 8.62. The summed E-state index contributed by atoms with van der Waals surface area (Å²) in [4.78, 5) is 1.05. The van der Waals surface area contributed by atoms with Gasteiger partial charge in [0.05, 0.1) is 6.61 Å². The molecule has 0 aliphatic heterocycles. The number of hydrogen-bond acceptors (Lipinski definition) is 4. The lowest BCUT2D eigenvalue weighted by atomic mass is 10.2. The van der Waals surface area contributed by atoms with Crippen molar-refractivity contribution in [2.45, 2.75) is 4.90 Å². The molecule has 1 aromatic carbocycles. The fraction of sp³-hybridized carbons (Fsp3) is 0.222. The van der Waals surface area contributed by atoms with Crippen molar-refractivity contribution in [2.24, 2.45) is 10.9 Å². The van der Waals surface area contributed by atoms with Crippen LogP contribution in [0.25, 0.3) is 0 Å². The van der Waals surface area contributed by atoms with Crippen LogP contribution in [0.4, 0.5) is 0 Å². The van der Waals surface area contributed by atoms with Gasteiger partial charge in [-0.3, -0.25) is 0 Å². The Morgan fingerprint density at radius 2 is 2.00 bits per heavy atom. The van der Waals surface area contributed by atoms with Gasteiger partial charge >= 0.3 is 0 Å². The number of amidine groups is 1. The van der Waals surface area contributed by atoms with Crippen LogP contribution in [0.3, 0.4) is 0 Å². The highest BCUT2D eigenvalue weighted by molar-refractivity contribution is 7.99. The number of aliphatic hydroxyl groups is 1. The molecular formula is C9H12N2O2S. The standard InChI is InChI=1S/C9H12N2O2S/c10-9(11-13)7-1-3-8(4-2-7)14-6-5-12/h1-4,12-13H,5-6H2,(H2,10,11). The van der Waals surface area contributed by atoms with Crippen LogP contribution in [-0.4, -0.2) is 28.5 Å². The van der Waals surface area contributed by atoms with Crippen LogP contribution in [0, 0.1) is 0 Å². The average Bonchev–Trinajstić information content (AvgIpc) is 2.26. The second-order valence-electron chi connectivity index (χ2n) is 2.58. The summed E-state index contributed by atoms with van der Waals surface area (Å²) in [5, 5.41) is 19.9.